The minimum Gasteiger partial charge on any atom is -0.383 e. The van der Waals surface area contributed by atoms with Gasteiger partial charge in [0.25, 0.3) is 0 Å². The molecule has 3 fully saturated rings. The number of carbonyl (C=O) groups excluding carboxylic acids is 1. The third-order valence-electron chi connectivity index (χ3n) is 6.73. The number of fused-ring (bicyclic) bond motifs is 2. The Labute approximate surface area is 171 Å². The number of rotatable bonds is 5. The van der Waals surface area contributed by atoms with Crippen LogP contribution in [0.1, 0.15) is 45.4 Å². The summed E-state index contributed by atoms with van der Waals surface area (Å²) in [6.45, 7) is 6.71. The quantitative estimate of drug-likeness (QED) is 0.757. The van der Waals surface area contributed by atoms with Crippen LogP contribution in [0.5, 0.6) is 0 Å². The van der Waals surface area contributed by atoms with Crippen LogP contribution in [0.25, 0.3) is 0 Å². The van der Waals surface area contributed by atoms with Crippen LogP contribution < -0.4 is 5.73 Å². The van der Waals surface area contributed by atoms with Gasteiger partial charge < -0.3 is 15.4 Å². The molecule has 1 heterocycles. The number of amides is 1. The van der Waals surface area contributed by atoms with Gasteiger partial charge in [0.05, 0.1) is 6.61 Å². The van der Waals surface area contributed by atoms with Gasteiger partial charge in [0, 0.05) is 51.3 Å². The van der Waals surface area contributed by atoms with Crippen molar-refractivity contribution in [2.24, 2.45) is 23.5 Å². The minimum atomic E-state index is 0. The van der Waals surface area contributed by atoms with E-state index in [9.17, 15) is 4.79 Å². The molecule has 1 amide bonds. The first-order valence-corrected chi connectivity index (χ1v) is 9.91. The highest BCUT2D eigenvalue weighted by atomic mass is 35.5. The van der Waals surface area contributed by atoms with Gasteiger partial charge in [-0.25, -0.2) is 0 Å². The molecule has 7 heteroatoms. The summed E-state index contributed by atoms with van der Waals surface area (Å²) in [7, 11) is 1.76. The van der Waals surface area contributed by atoms with Crippen molar-refractivity contribution in [3.63, 3.8) is 0 Å². The van der Waals surface area contributed by atoms with Crippen LogP contribution in [0.4, 0.5) is 0 Å². The number of hydrogen-bond acceptors (Lipinski definition) is 4. The zero-order valence-corrected chi connectivity index (χ0v) is 17.9. The average molecular weight is 410 g/mol. The van der Waals surface area contributed by atoms with E-state index in [1.807, 2.05) is 0 Å². The lowest BCUT2D eigenvalue weighted by atomic mass is 9.65. The number of hydrogen-bond donors (Lipinski definition) is 1. The van der Waals surface area contributed by atoms with Crippen molar-refractivity contribution in [1.82, 2.24) is 9.80 Å². The summed E-state index contributed by atoms with van der Waals surface area (Å²) >= 11 is 0. The summed E-state index contributed by atoms with van der Waals surface area (Å²) in [4.78, 5) is 17.7. The van der Waals surface area contributed by atoms with Crippen LogP contribution in [-0.4, -0.2) is 67.7 Å². The molecule has 0 spiro atoms. The predicted octanol–water partition coefficient (Wildman–Crippen LogP) is 2.55. The smallest absolute Gasteiger partial charge is 0.225 e. The highest BCUT2D eigenvalue weighted by Gasteiger charge is 2.42. The Bertz CT molecular complexity index is 427. The Morgan fingerprint density at radius 2 is 1.81 bits per heavy atom. The molecule has 5 nitrogen and oxygen atoms in total. The van der Waals surface area contributed by atoms with Crippen LogP contribution >= 0.6 is 24.8 Å². The van der Waals surface area contributed by atoms with Gasteiger partial charge in [-0.05, 0) is 43.9 Å². The number of nitrogens with zero attached hydrogens (tertiary/aromatic N) is 2. The number of ether oxygens (including phenoxy) is 1. The zero-order valence-electron chi connectivity index (χ0n) is 16.3. The first-order valence-electron chi connectivity index (χ1n) is 9.91. The number of piperazine rings is 1. The molecule has 1 aliphatic heterocycles. The Balaban J connectivity index is 0.00000169. The number of carbonyl (C=O) groups is 1. The van der Waals surface area contributed by atoms with E-state index in [-0.39, 0.29) is 30.7 Å². The Morgan fingerprint density at radius 3 is 2.38 bits per heavy atom. The molecule has 0 radical (unpaired) electrons. The van der Waals surface area contributed by atoms with Crippen molar-refractivity contribution in [3.8, 4) is 0 Å². The fourth-order valence-corrected chi connectivity index (χ4v) is 5.23. The highest BCUT2D eigenvalue weighted by Crippen LogP contribution is 2.42. The molecule has 154 valence electrons. The van der Waals surface area contributed by atoms with E-state index in [0.717, 1.165) is 52.0 Å². The standard InChI is InChI=1S/C19H35N3O2.2ClH/c1-3-17-13-22(8-7-21(17)9-10-24-2)19(23)16-11-14-5-4-6-15(12-16)18(14)20;;/h14-18H,3-13,20H2,1-2H3;2*1H. The fraction of sp³-hybridized carbons (Fsp3) is 0.947. The number of methoxy groups -OCH3 is 1. The zero-order chi connectivity index (χ0) is 17.1. The van der Waals surface area contributed by atoms with Crippen molar-refractivity contribution < 1.29 is 9.53 Å². The Kier molecular flexibility index (Phi) is 10.2. The molecule has 2 saturated carbocycles. The maximum Gasteiger partial charge on any atom is 0.225 e. The van der Waals surface area contributed by atoms with Crippen molar-refractivity contribution in [3.05, 3.63) is 0 Å². The van der Waals surface area contributed by atoms with E-state index in [4.69, 9.17) is 10.5 Å². The first-order chi connectivity index (χ1) is 11.6. The SMILES string of the molecule is CCC1CN(C(=O)C2CC3CCCC(C2)C3N)CCN1CCOC.Cl.Cl. The molecule has 3 atom stereocenters. The lowest BCUT2D eigenvalue weighted by Gasteiger charge is -2.46. The molecule has 0 aromatic heterocycles. The summed E-state index contributed by atoms with van der Waals surface area (Å²) in [5.74, 6) is 1.79. The van der Waals surface area contributed by atoms with E-state index in [1.165, 1.54) is 19.3 Å². The van der Waals surface area contributed by atoms with Gasteiger partial charge in [-0.15, -0.1) is 24.8 Å². The van der Waals surface area contributed by atoms with Gasteiger partial charge in [-0.3, -0.25) is 9.69 Å². The Morgan fingerprint density at radius 1 is 1.15 bits per heavy atom. The predicted molar refractivity (Wildman–Crippen MR) is 110 cm³/mol. The van der Waals surface area contributed by atoms with E-state index >= 15 is 0 Å². The minimum absolute atomic E-state index is 0. The molecule has 3 aliphatic rings. The molecular weight excluding hydrogens is 373 g/mol. The van der Waals surface area contributed by atoms with Crippen molar-refractivity contribution in [2.45, 2.75) is 57.5 Å². The second kappa shape index (κ2) is 11.1. The van der Waals surface area contributed by atoms with E-state index in [2.05, 4.69) is 16.7 Å². The largest absolute Gasteiger partial charge is 0.383 e. The van der Waals surface area contributed by atoms with Crippen LogP contribution in [-0.2, 0) is 9.53 Å². The van der Waals surface area contributed by atoms with Crippen molar-refractivity contribution in [2.75, 3.05) is 39.9 Å². The topological polar surface area (TPSA) is 58.8 Å². The van der Waals surface area contributed by atoms with Gasteiger partial charge in [0.2, 0.25) is 5.91 Å². The van der Waals surface area contributed by atoms with Crippen LogP contribution in [0.2, 0.25) is 0 Å². The molecule has 26 heavy (non-hydrogen) atoms. The molecule has 3 unspecified atom stereocenters. The summed E-state index contributed by atoms with van der Waals surface area (Å²) in [6.07, 6.45) is 6.90. The monoisotopic (exact) mass is 409 g/mol. The molecule has 3 rings (SSSR count). The van der Waals surface area contributed by atoms with Gasteiger partial charge in [0.1, 0.15) is 0 Å². The lowest BCUT2D eigenvalue weighted by molar-refractivity contribution is -0.141. The summed E-state index contributed by atoms with van der Waals surface area (Å²) in [5.41, 5.74) is 6.39. The van der Waals surface area contributed by atoms with E-state index in [1.54, 1.807) is 7.11 Å². The second-order valence-electron chi connectivity index (χ2n) is 8.07. The molecule has 2 N–H and O–H groups in total. The van der Waals surface area contributed by atoms with Crippen molar-refractivity contribution in [1.29, 1.82) is 0 Å². The van der Waals surface area contributed by atoms with Crippen LogP contribution in [0.3, 0.4) is 0 Å². The molecule has 0 aromatic carbocycles. The average Bonchev–Trinajstić information content (AvgIpc) is 2.59. The molecule has 1 saturated heterocycles. The molecule has 0 aromatic rings. The van der Waals surface area contributed by atoms with Gasteiger partial charge in [-0.1, -0.05) is 13.3 Å². The molecule has 2 aliphatic carbocycles. The fourth-order valence-electron chi connectivity index (χ4n) is 5.23. The maximum atomic E-state index is 13.1. The lowest BCUT2D eigenvalue weighted by Crippen LogP contribution is -2.57. The third-order valence-corrected chi connectivity index (χ3v) is 6.73. The number of halogens is 2. The molecule has 2 bridgehead atoms. The van der Waals surface area contributed by atoms with Crippen molar-refractivity contribution >= 4 is 30.7 Å². The third kappa shape index (κ3) is 5.26. The molecular formula is C19H37Cl2N3O2. The maximum absolute atomic E-state index is 13.1. The van der Waals surface area contributed by atoms with Gasteiger partial charge in [0.15, 0.2) is 0 Å². The van der Waals surface area contributed by atoms with Crippen LogP contribution in [0.15, 0.2) is 0 Å². The second-order valence-corrected chi connectivity index (χ2v) is 8.07. The van der Waals surface area contributed by atoms with Gasteiger partial charge >= 0.3 is 0 Å². The number of nitrogens with two attached hydrogens (primary N) is 1. The van der Waals surface area contributed by atoms with E-state index < -0.39 is 0 Å². The summed E-state index contributed by atoms with van der Waals surface area (Å²) in [6, 6.07) is 0.820. The Hall–Kier alpha value is -0.0700. The summed E-state index contributed by atoms with van der Waals surface area (Å²) in [5, 5.41) is 0. The van der Waals surface area contributed by atoms with Gasteiger partial charge in [-0.2, -0.15) is 0 Å². The normalized spacial score (nSPS) is 34.6. The van der Waals surface area contributed by atoms with Crippen LogP contribution in [0, 0.1) is 17.8 Å². The highest BCUT2D eigenvalue weighted by molar-refractivity contribution is 5.85. The summed E-state index contributed by atoms with van der Waals surface area (Å²) < 4.78 is 5.23. The first kappa shape index (κ1) is 24.0. The van der Waals surface area contributed by atoms with E-state index in [0.29, 0.717) is 29.8 Å².